The van der Waals surface area contributed by atoms with Gasteiger partial charge in [0.05, 0.1) is 19.3 Å². The number of hydrogen-bond acceptors (Lipinski definition) is 7. The average molecular weight is 259 g/mol. The van der Waals surface area contributed by atoms with Crippen molar-refractivity contribution < 1.29 is 29.9 Å². The Hall–Kier alpha value is -1.01. The van der Waals surface area contributed by atoms with E-state index in [1.807, 2.05) is 6.07 Å². The maximum absolute atomic E-state index is 9.62. The van der Waals surface area contributed by atoms with Crippen molar-refractivity contribution in [3.05, 3.63) is 11.6 Å². The Bertz CT molecular complexity index is 337. The van der Waals surface area contributed by atoms with Gasteiger partial charge in [-0.15, -0.1) is 0 Å². The molecule has 0 radical (unpaired) electrons. The highest BCUT2D eigenvalue weighted by Gasteiger charge is 2.43. The lowest BCUT2D eigenvalue weighted by molar-refractivity contribution is -0.298. The number of rotatable bonds is 4. The maximum Gasteiger partial charge on any atom is 0.187 e. The fraction of sp³-hybridized carbons (Fsp3) is 0.727. The van der Waals surface area contributed by atoms with Crippen molar-refractivity contribution >= 4 is 0 Å². The van der Waals surface area contributed by atoms with E-state index in [0.717, 1.165) is 0 Å². The zero-order valence-electron chi connectivity index (χ0n) is 9.93. The van der Waals surface area contributed by atoms with Crippen LogP contribution in [0.2, 0.25) is 0 Å². The van der Waals surface area contributed by atoms with Gasteiger partial charge in [-0.05, 0) is 13.0 Å². The zero-order valence-corrected chi connectivity index (χ0v) is 9.93. The quantitative estimate of drug-likeness (QED) is 0.442. The van der Waals surface area contributed by atoms with Crippen molar-refractivity contribution in [2.24, 2.45) is 0 Å². The topological polar surface area (TPSA) is 123 Å². The summed E-state index contributed by atoms with van der Waals surface area (Å²) in [6.45, 7) is 1.11. The fourth-order valence-electron chi connectivity index (χ4n) is 1.52. The minimum absolute atomic E-state index is 0.0160. The maximum atomic E-state index is 9.62. The number of ether oxygens (including phenoxy) is 2. The molecule has 0 aromatic carbocycles. The highest BCUT2D eigenvalue weighted by molar-refractivity contribution is 5.17. The third-order valence-electron chi connectivity index (χ3n) is 2.67. The highest BCUT2D eigenvalue weighted by Crippen LogP contribution is 2.21. The van der Waals surface area contributed by atoms with Gasteiger partial charge in [-0.1, -0.05) is 0 Å². The van der Waals surface area contributed by atoms with Crippen molar-refractivity contribution in [1.29, 1.82) is 5.26 Å². The molecule has 18 heavy (non-hydrogen) atoms. The lowest BCUT2D eigenvalue weighted by Gasteiger charge is -2.39. The molecule has 4 N–H and O–H groups in total. The molecule has 1 saturated heterocycles. The summed E-state index contributed by atoms with van der Waals surface area (Å²) in [5.74, 6) is 0. The molecular weight excluding hydrogens is 242 g/mol. The Kier molecular flexibility index (Phi) is 5.68. The molecule has 7 heteroatoms. The Morgan fingerprint density at radius 1 is 1.33 bits per heavy atom. The van der Waals surface area contributed by atoms with Crippen molar-refractivity contribution in [1.82, 2.24) is 0 Å². The number of aliphatic hydroxyl groups is 4. The number of aliphatic hydroxyl groups excluding tert-OH is 4. The highest BCUT2D eigenvalue weighted by atomic mass is 16.7. The van der Waals surface area contributed by atoms with Crippen LogP contribution in [0, 0.1) is 11.3 Å². The van der Waals surface area contributed by atoms with E-state index in [0.29, 0.717) is 5.57 Å². The van der Waals surface area contributed by atoms with Crippen LogP contribution in [-0.4, -0.2) is 64.3 Å². The molecule has 0 aliphatic carbocycles. The monoisotopic (exact) mass is 259 g/mol. The second-order valence-corrected chi connectivity index (χ2v) is 4.03. The van der Waals surface area contributed by atoms with Gasteiger partial charge in [0.15, 0.2) is 6.29 Å². The molecule has 0 aromatic rings. The summed E-state index contributed by atoms with van der Waals surface area (Å²) in [5.41, 5.74) is 0.444. The summed E-state index contributed by atoms with van der Waals surface area (Å²) in [5, 5.41) is 46.1. The van der Waals surface area contributed by atoms with Crippen LogP contribution in [0.15, 0.2) is 11.6 Å². The molecular formula is C11H17NO6. The first-order chi connectivity index (χ1) is 8.51. The molecule has 1 fully saturated rings. The number of nitrogens with zero attached hydrogens (tertiary/aromatic N) is 1. The first kappa shape index (κ1) is 15.0. The molecule has 0 amide bonds. The van der Waals surface area contributed by atoms with Gasteiger partial charge < -0.3 is 29.9 Å². The zero-order chi connectivity index (χ0) is 13.7. The molecule has 1 aliphatic rings. The van der Waals surface area contributed by atoms with Gasteiger partial charge in [-0.25, -0.2) is 0 Å². The predicted octanol–water partition coefficient (Wildman–Crippen LogP) is -1.73. The molecule has 1 aliphatic heterocycles. The molecule has 0 aromatic heterocycles. The van der Waals surface area contributed by atoms with Gasteiger partial charge in [0.2, 0.25) is 0 Å². The first-order valence-electron chi connectivity index (χ1n) is 5.50. The summed E-state index contributed by atoms with van der Waals surface area (Å²) in [4.78, 5) is 0. The van der Waals surface area contributed by atoms with Gasteiger partial charge in [0, 0.05) is 5.57 Å². The van der Waals surface area contributed by atoms with Crippen LogP contribution < -0.4 is 0 Å². The van der Waals surface area contributed by atoms with E-state index in [2.05, 4.69) is 0 Å². The molecule has 1 rings (SSSR count). The van der Waals surface area contributed by atoms with Gasteiger partial charge in [0.25, 0.3) is 0 Å². The largest absolute Gasteiger partial charge is 0.394 e. The summed E-state index contributed by atoms with van der Waals surface area (Å²) >= 11 is 0. The molecule has 1 heterocycles. The molecule has 0 saturated carbocycles. The van der Waals surface area contributed by atoms with E-state index >= 15 is 0 Å². The van der Waals surface area contributed by atoms with E-state index < -0.39 is 37.3 Å². The van der Waals surface area contributed by atoms with Gasteiger partial charge in [0.1, 0.15) is 24.4 Å². The third kappa shape index (κ3) is 3.49. The molecule has 7 nitrogen and oxygen atoms in total. The number of allylic oxidation sites excluding steroid dienone is 1. The van der Waals surface area contributed by atoms with Gasteiger partial charge >= 0.3 is 0 Å². The Labute approximate surface area is 104 Å². The van der Waals surface area contributed by atoms with Crippen LogP contribution in [0.3, 0.4) is 0 Å². The van der Waals surface area contributed by atoms with Gasteiger partial charge in [-0.2, -0.15) is 5.26 Å². The van der Waals surface area contributed by atoms with Crippen LogP contribution in [0.1, 0.15) is 6.92 Å². The minimum Gasteiger partial charge on any atom is -0.394 e. The Balaban J connectivity index is 2.57. The summed E-state index contributed by atoms with van der Waals surface area (Å²) in [6, 6.07) is 1.90. The molecule has 0 bridgehead atoms. The van der Waals surface area contributed by atoms with Crippen LogP contribution in [-0.2, 0) is 9.47 Å². The Morgan fingerprint density at radius 3 is 2.56 bits per heavy atom. The molecule has 5 atom stereocenters. The van der Waals surface area contributed by atoms with Crippen molar-refractivity contribution in [2.75, 3.05) is 13.2 Å². The van der Waals surface area contributed by atoms with E-state index in [1.54, 1.807) is 6.92 Å². The van der Waals surface area contributed by atoms with E-state index in [9.17, 15) is 15.3 Å². The lowest BCUT2D eigenvalue weighted by atomic mass is 9.99. The van der Waals surface area contributed by atoms with E-state index in [4.69, 9.17) is 19.8 Å². The van der Waals surface area contributed by atoms with Crippen LogP contribution in [0.25, 0.3) is 0 Å². The standard InChI is InChI=1S/C11H17NO6/c1-6(4-12)2-3-17-11-10(16)9(15)8(14)7(5-13)18-11/h2,7-11,13-16H,3,5H2,1H3. The van der Waals surface area contributed by atoms with Crippen LogP contribution >= 0.6 is 0 Å². The Morgan fingerprint density at radius 2 is 2.00 bits per heavy atom. The van der Waals surface area contributed by atoms with Gasteiger partial charge in [-0.3, -0.25) is 0 Å². The molecule has 102 valence electrons. The fourth-order valence-corrected chi connectivity index (χ4v) is 1.52. The number of hydrogen-bond donors (Lipinski definition) is 4. The SMILES string of the molecule is CC(C#N)=CCOC1OC(CO)C(O)C(O)C1O. The van der Waals surface area contributed by atoms with Crippen LogP contribution in [0.5, 0.6) is 0 Å². The molecule has 5 unspecified atom stereocenters. The van der Waals surface area contributed by atoms with Crippen molar-refractivity contribution in [3.63, 3.8) is 0 Å². The molecule has 0 spiro atoms. The van der Waals surface area contributed by atoms with E-state index in [1.165, 1.54) is 6.08 Å². The number of nitriles is 1. The van der Waals surface area contributed by atoms with Crippen molar-refractivity contribution in [2.45, 2.75) is 37.6 Å². The normalized spacial score (nSPS) is 37.3. The second-order valence-electron chi connectivity index (χ2n) is 4.03. The predicted molar refractivity (Wildman–Crippen MR) is 59.1 cm³/mol. The smallest absolute Gasteiger partial charge is 0.187 e. The van der Waals surface area contributed by atoms with Crippen molar-refractivity contribution in [3.8, 4) is 6.07 Å². The van der Waals surface area contributed by atoms with E-state index in [-0.39, 0.29) is 6.61 Å². The average Bonchev–Trinajstić information content (AvgIpc) is 2.38. The first-order valence-corrected chi connectivity index (χ1v) is 5.50. The van der Waals surface area contributed by atoms with Crippen LogP contribution in [0.4, 0.5) is 0 Å². The lowest BCUT2D eigenvalue weighted by Crippen LogP contribution is -2.59. The third-order valence-corrected chi connectivity index (χ3v) is 2.67. The summed E-state index contributed by atoms with van der Waals surface area (Å²) < 4.78 is 10.2. The summed E-state index contributed by atoms with van der Waals surface area (Å²) in [7, 11) is 0. The summed E-state index contributed by atoms with van der Waals surface area (Å²) in [6.07, 6.45) is -4.94. The minimum atomic E-state index is -1.46. The second kappa shape index (κ2) is 6.80.